The number of halogens is 6. The Morgan fingerprint density at radius 3 is 2.14 bits per heavy atom. The quantitative estimate of drug-likeness (QED) is 0.512. The van der Waals surface area contributed by atoms with Gasteiger partial charge in [-0.3, -0.25) is 0 Å². The average Bonchev–Trinajstić information content (AvgIpc) is 2.01. The van der Waals surface area contributed by atoms with Gasteiger partial charge in [-0.1, -0.05) is 0 Å². The second kappa shape index (κ2) is 3.95. The normalized spacial score (nSPS) is 12.2. The molecular formula is C8H4Cl2F4. The Balaban J connectivity index is 3.29. The molecule has 0 saturated carbocycles. The highest BCUT2D eigenvalue weighted by molar-refractivity contribution is 6.44. The predicted molar refractivity (Wildman–Crippen MR) is 45.8 cm³/mol. The first-order valence-electron chi connectivity index (χ1n) is 3.47. The summed E-state index contributed by atoms with van der Waals surface area (Å²) >= 11 is 10.6. The molecule has 0 bridgehead atoms. The summed E-state index contributed by atoms with van der Waals surface area (Å²) in [5.41, 5.74) is -1.49. The molecule has 0 nitrogen and oxygen atoms in total. The van der Waals surface area contributed by atoms with Crippen LogP contribution in [0.4, 0.5) is 17.6 Å². The molecule has 0 fully saturated rings. The zero-order chi connectivity index (χ0) is 10.9. The largest absolute Gasteiger partial charge is 0.416 e. The van der Waals surface area contributed by atoms with Crippen LogP contribution in [-0.4, -0.2) is 0 Å². The average molecular weight is 247 g/mol. The molecular weight excluding hydrogens is 243 g/mol. The molecule has 0 radical (unpaired) electrons. The summed E-state index contributed by atoms with van der Waals surface area (Å²) in [4.78, 5) is -1.40. The zero-order valence-corrected chi connectivity index (χ0v) is 8.09. The van der Waals surface area contributed by atoms with Crippen LogP contribution in [0.5, 0.6) is 0 Å². The molecule has 14 heavy (non-hydrogen) atoms. The summed E-state index contributed by atoms with van der Waals surface area (Å²) in [5.74, 6) is -0.806. The van der Waals surface area contributed by atoms with Crippen LogP contribution in [0, 0.1) is 5.82 Å². The van der Waals surface area contributed by atoms with Gasteiger partial charge in [0.05, 0.1) is 5.56 Å². The smallest absolute Gasteiger partial charge is 0.207 e. The number of hydrogen-bond donors (Lipinski definition) is 0. The van der Waals surface area contributed by atoms with Gasteiger partial charge in [-0.15, -0.1) is 23.2 Å². The van der Waals surface area contributed by atoms with Gasteiger partial charge in [0.15, 0.2) is 0 Å². The van der Waals surface area contributed by atoms with E-state index >= 15 is 0 Å². The molecule has 6 heteroatoms. The predicted octanol–water partition coefficient (Wildman–Crippen LogP) is 4.32. The Labute approximate surface area is 87.4 Å². The molecule has 0 atom stereocenters. The molecule has 0 aliphatic heterocycles. The Hall–Kier alpha value is -0.480. The first-order valence-corrected chi connectivity index (χ1v) is 4.34. The molecule has 1 rings (SSSR count). The van der Waals surface area contributed by atoms with Gasteiger partial charge in [0.25, 0.3) is 0 Å². The summed E-state index contributed by atoms with van der Waals surface area (Å²) in [7, 11) is 0. The summed E-state index contributed by atoms with van der Waals surface area (Å²) in [6, 6.07) is 2.00. The number of rotatable bonds is 1. The summed E-state index contributed by atoms with van der Waals surface area (Å²) < 4.78 is 49.5. The van der Waals surface area contributed by atoms with Crippen molar-refractivity contribution < 1.29 is 17.6 Å². The summed E-state index contributed by atoms with van der Waals surface area (Å²) in [6.07, 6.45) is -4.58. The van der Waals surface area contributed by atoms with Crippen molar-refractivity contribution in [1.29, 1.82) is 0 Å². The maximum atomic E-state index is 12.6. The summed E-state index contributed by atoms with van der Waals surface area (Å²) in [6.45, 7) is 0. The van der Waals surface area contributed by atoms with E-state index in [-0.39, 0.29) is 0 Å². The van der Waals surface area contributed by atoms with Gasteiger partial charge in [0, 0.05) is 0 Å². The van der Waals surface area contributed by atoms with Crippen molar-refractivity contribution >= 4 is 23.2 Å². The van der Waals surface area contributed by atoms with Crippen LogP contribution in [0.1, 0.15) is 16.0 Å². The number of benzene rings is 1. The van der Waals surface area contributed by atoms with Crippen molar-refractivity contribution in [2.75, 3.05) is 0 Å². The van der Waals surface area contributed by atoms with E-state index in [0.717, 1.165) is 0 Å². The second-order valence-corrected chi connectivity index (χ2v) is 3.63. The molecule has 0 saturated heterocycles. The van der Waals surface area contributed by atoms with Gasteiger partial charge in [0.2, 0.25) is 0 Å². The lowest BCUT2D eigenvalue weighted by atomic mass is 10.1. The molecule has 0 amide bonds. The van der Waals surface area contributed by atoms with Crippen LogP contribution in [0.15, 0.2) is 18.2 Å². The van der Waals surface area contributed by atoms with E-state index < -0.39 is 28.0 Å². The van der Waals surface area contributed by atoms with E-state index in [2.05, 4.69) is 0 Å². The first-order chi connectivity index (χ1) is 6.32. The van der Waals surface area contributed by atoms with E-state index in [1.54, 1.807) is 0 Å². The fourth-order valence-electron chi connectivity index (χ4n) is 0.972. The molecule has 0 heterocycles. The topological polar surface area (TPSA) is 0 Å². The van der Waals surface area contributed by atoms with Crippen molar-refractivity contribution in [3.05, 3.63) is 35.1 Å². The van der Waals surface area contributed by atoms with Crippen molar-refractivity contribution in [3.63, 3.8) is 0 Å². The Bertz CT molecular complexity index is 333. The van der Waals surface area contributed by atoms with Gasteiger partial charge in [0.1, 0.15) is 10.7 Å². The molecule has 0 spiro atoms. The maximum absolute atomic E-state index is 12.6. The Kier molecular flexibility index (Phi) is 3.27. The highest BCUT2D eigenvalue weighted by Crippen LogP contribution is 2.38. The fraction of sp³-hybridized carbons (Fsp3) is 0.250. The fourth-order valence-corrected chi connectivity index (χ4v) is 1.33. The van der Waals surface area contributed by atoms with Crippen molar-refractivity contribution in [1.82, 2.24) is 0 Å². The standard InChI is InChI=1S/C8H4Cl2F4/c9-7(10)5-3-4(11)1-2-6(5)8(12,13)14/h1-3,7H. The Morgan fingerprint density at radius 2 is 1.71 bits per heavy atom. The maximum Gasteiger partial charge on any atom is 0.416 e. The van der Waals surface area contributed by atoms with Crippen LogP contribution < -0.4 is 0 Å². The van der Waals surface area contributed by atoms with E-state index in [1.165, 1.54) is 0 Å². The van der Waals surface area contributed by atoms with Gasteiger partial charge in [-0.25, -0.2) is 4.39 Å². The van der Waals surface area contributed by atoms with Crippen molar-refractivity contribution in [3.8, 4) is 0 Å². The summed E-state index contributed by atoms with van der Waals surface area (Å²) in [5, 5.41) is 0. The third-order valence-corrected chi connectivity index (χ3v) is 2.02. The minimum atomic E-state index is -4.58. The van der Waals surface area contributed by atoms with Gasteiger partial charge < -0.3 is 0 Å². The lowest BCUT2D eigenvalue weighted by Crippen LogP contribution is -2.09. The molecule has 78 valence electrons. The van der Waals surface area contributed by atoms with Crippen LogP contribution in [0.2, 0.25) is 0 Å². The number of hydrogen-bond acceptors (Lipinski definition) is 0. The zero-order valence-electron chi connectivity index (χ0n) is 6.58. The first kappa shape index (κ1) is 11.6. The molecule has 0 aliphatic rings. The van der Waals surface area contributed by atoms with E-state index in [4.69, 9.17) is 23.2 Å². The van der Waals surface area contributed by atoms with Crippen LogP contribution in [0.3, 0.4) is 0 Å². The molecule has 0 unspecified atom stereocenters. The van der Waals surface area contributed by atoms with Gasteiger partial charge in [-0.2, -0.15) is 13.2 Å². The van der Waals surface area contributed by atoms with Crippen molar-refractivity contribution in [2.24, 2.45) is 0 Å². The van der Waals surface area contributed by atoms with Crippen LogP contribution in [-0.2, 0) is 6.18 Å². The van der Waals surface area contributed by atoms with E-state index in [9.17, 15) is 17.6 Å². The third-order valence-electron chi connectivity index (χ3n) is 1.55. The monoisotopic (exact) mass is 246 g/mol. The Morgan fingerprint density at radius 1 is 1.14 bits per heavy atom. The second-order valence-electron chi connectivity index (χ2n) is 2.53. The van der Waals surface area contributed by atoms with Gasteiger partial charge >= 0.3 is 6.18 Å². The molecule has 0 aromatic heterocycles. The SMILES string of the molecule is Fc1ccc(C(F)(F)F)c(C(Cl)Cl)c1. The highest BCUT2D eigenvalue weighted by Gasteiger charge is 2.34. The third kappa shape index (κ3) is 2.51. The minimum absolute atomic E-state index is 0.471. The lowest BCUT2D eigenvalue weighted by molar-refractivity contribution is -0.138. The molecule has 1 aromatic rings. The molecule has 0 aliphatic carbocycles. The van der Waals surface area contributed by atoms with Gasteiger partial charge in [-0.05, 0) is 23.8 Å². The van der Waals surface area contributed by atoms with Crippen molar-refractivity contribution in [2.45, 2.75) is 11.0 Å². The van der Waals surface area contributed by atoms with E-state index in [1.807, 2.05) is 0 Å². The molecule has 0 N–H and O–H groups in total. The lowest BCUT2D eigenvalue weighted by Gasteiger charge is -2.12. The van der Waals surface area contributed by atoms with Crippen LogP contribution in [0.25, 0.3) is 0 Å². The highest BCUT2D eigenvalue weighted by atomic mass is 35.5. The minimum Gasteiger partial charge on any atom is -0.207 e. The van der Waals surface area contributed by atoms with E-state index in [0.29, 0.717) is 18.2 Å². The number of alkyl halides is 5. The molecule has 1 aromatic carbocycles. The van der Waals surface area contributed by atoms with Crippen LogP contribution >= 0.6 is 23.2 Å².